The van der Waals surface area contributed by atoms with Crippen LogP contribution in [0.25, 0.3) is 0 Å². The van der Waals surface area contributed by atoms with Crippen LogP contribution in [0.15, 0.2) is 18.2 Å². The quantitative estimate of drug-likeness (QED) is 0.300. The monoisotopic (exact) mass is 321 g/mol. The van der Waals surface area contributed by atoms with Gasteiger partial charge in [0.2, 0.25) is 0 Å². The highest BCUT2D eigenvalue weighted by Gasteiger charge is 2.04. The maximum absolute atomic E-state index is 11.2. The van der Waals surface area contributed by atoms with Gasteiger partial charge in [-0.25, -0.2) is 9.78 Å². The molecule has 7 nitrogen and oxygen atoms in total. The van der Waals surface area contributed by atoms with Gasteiger partial charge in [0.15, 0.2) is 5.96 Å². The standard InChI is InChI=1S/C16H27N5O2/c1-2-3-4-5-6-7-11-19-14-10-8-9-13(20-14)12-23-16(22)21-15(17)18/h8-10H,2-7,11-12H2,1H3,(H,19,20)(H4,17,18,21,22). The summed E-state index contributed by atoms with van der Waals surface area (Å²) in [6, 6.07) is 5.52. The predicted molar refractivity (Wildman–Crippen MR) is 91.3 cm³/mol. The van der Waals surface area contributed by atoms with Crippen LogP contribution in [0.2, 0.25) is 0 Å². The van der Waals surface area contributed by atoms with Gasteiger partial charge in [-0.1, -0.05) is 45.1 Å². The number of carbonyl (C=O) groups excluding carboxylic acids is 1. The topological polar surface area (TPSA) is 113 Å². The lowest BCUT2D eigenvalue weighted by Crippen LogP contribution is -2.36. The minimum atomic E-state index is -0.759. The van der Waals surface area contributed by atoms with Crippen molar-refractivity contribution in [3.63, 3.8) is 0 Å². The molecule has 0 atom stereocenters. The smallest absolute Gasteiger partial charge is 0.414 e. The number of rotatable bonds is 10. The molecule has 0 aliphatic carbocycles. The van der Waals surface area contributed by atoms with Crippen LogP contribution in [0.4, 0.5) is 10.6 Å². The molecular weight excluding hydrogens is 294 g/mol. The molecule has 0 saturated carbocycles. The maximum Gasteiger partial charge on any atom is 0.414 e. The Morgan fingerprint density at radius 1 is 1.26 bits per heavy atom. The van der Waals surface area contributed by atoms with Crippen molar-refractivity contribution >= 4 is 17.9 Å². The molecule has 5 N–H and O–H groups in total. The van der Waals surface area contributed by atoms with Crippen LogP contribution < -0.4 is 16.4 Å². The lowest BCUT2D eigenvalue weighted by molar-refractivity contribution is 0.143. The Balaban J connectivity index is 2.25. The third kappa shape index (κ3) is 9.34. The number of ether oxygens (including phenoxy) is 1. The van der Waals surface area contributed by atoms with E-state index < -0.39 is 12.1 Å². The van der Waals surface area contributed by atoms with E-state index in [9.17, 15) is 4.79 Å². The molecule has 7 heteroatoms. The molecule has 128 valence electrons. The minimum absolute atomic E-state index is 0.0334. The number of nitrogens with two attached hydrogens (primary N) is 1. The molecule has 0 bridgehead atoms. The van der Waals surface area contributed by atoms with E-state index in [0.29, 0.717) is 5.69 Å². The fourth-order valence-corrected chi connectivity index (χ4v) is 2.07. The second-order valence-electron chi connectivity index (χ2n) is 5.32. The summed E-state index contributed by atoms with van der Waals surface area (Å²) in [6.45, 7) is 3.13. The predicted octanol–water partition coefficient (Wildman–Crippen LogP) is 2.97. The molecule has 0 saturated heterocycles. The molecule has 0 radical (unpaired) electrons. The Kier molecular flexibility index (Phi) is 9.19. The van der Waals surface area contributed by atoms with Gasteiger partial charge in [0.05, 0.1) is 5.69 Å². The van der Waals surface area contributed by atoms with Crippen molar-refractivity contribution < 1.29 is 9.53 Å². The highest BCUT2D eigenvalue weighted by atomic mass is 16.5. The lowest BCUT2D eigenvalue weighted by atomic mass is 10.1. The fraction of sp³-hybridized carbons (Fsp3) is 0.562. The number of nitrogens with zero attached hydrogens (tertiary/aromatic N) is 1. The van der Waals surface area contributed by atoms with Gasteiger partial charge < -0.3 is 15.8 Å². The zero-order chi connectivity index (χ0) is 16.9. The number of hydrogen-bond acceptors (Lipinski definition) is 5. The summed E-state index contributed by atoms with van der Waals surface area (Å²) in [6.07, 6.45) is 6.75. The largest absolute Gasteiger partial charge is 0.443 e. The summed E-state index contributed by atoms with van der Waals surface area (Å²) in [5.74, 6) is 0.323. The average Bonchev–Trinajstić information content (AvgIpc) is 2.52. The van der Waals surface area contributed by atoms with Crippen molar-refractivity contribution in [3.8, 4) is 0 Å². The number of unbranched alkanes of at least 4 members (excludes halogenated alkanes) is 5. The number of nitrogens with one attached hydrogen (secondary N) is 3. The molecule has 23 heavy (non-hydrogen) atoms. The molecule has 0 unspecified atom stereocenters. The van der Waals surface area contributed by atoms with E-state index >= 15 is 0 Å². The van der Waals surface area contributed by atoms with Gasteiger partial charge in [-0.15, -0.1) is 0 Å². The van der Waals surface area contributed by atoms with Crippen molar-refractivity contribution in [1.29, 1.82) is 5.41 Å². The van der Waals surface area contributed by atoms with Crippen molar-refractivity contribution in [2.45, 2.75) is 52.1 Å². The van der Waals surface area contributed by atoms with E-state index in [-0.39, 0.29) is 6.61 Å². The van der Waals surface area contributed by atoms with Gasteiger partial charge in [0, 0.05) is 6.54 Å². The van der Waals surface area contributed by atoms with E-state index in [2.05, 4.69) is 17.2 Å². The van der Waals surface area contributed by atoms with Crippen LogP contribution in [0.1, 0.15) is 51.1 Å². The lowest BCUT2D eigenvalue weighted by Gasteiger charge is -2.08. The van der Waals surface area contributed by atoms with Gasteiger partial charge in [-0.05, 0) is 18.6 Å². The van der Waals surface area contributed by atoms with E-state index in [1.54, 1.807) is 6.07 Å². The van der Waals surface area contributed by atoms with Crippen LogP contribution in [-0.4, -0.2) is 23.6 Å². The first kappa shape index (κ1) is 18.7. The Morgan fingerprint density at radius 2 is 2.00 bits per heavy atom. The Bertz CT molecular complexity index is 493. The number of anilines is 1. The first-order valence-corrected chi connectivity index (χ1v) is 8.09. The Hall–Kier alpha value is -2.31. The molecule has 1 heterocycles. The van der Waals surface area contributed by atoms with Gasteiger partial charge in [0.25, 0.3) is 0 Å². The van der Waals surface area contributed by atoms with E-state index in [0.717, 1.165) is 18.8 Å². The van der Waals surface area contributed by atoms with Crippen molar-refractivity contribution in [3.05, 3.63) is 23.9 Å². The number of hydrogen-bond donors (Lipinski definition) is 4. The highest BCUT2D eigenvalue weighted by Crippen LogP contribution is 2.08. The molecule has 1 amide bonds. The molecule has 1 aromatic rings. The van der Waals surface area contributed by atoms with Crippen LogP contribution in [0, 0.1) is 5.41 Å². The van der Waals surface area contributed by atoms with Crippen LogP contribution in [0.5, 0.6) is 0 Å². The van der Waals surface area contributed by atoms with E-state index in [4.69, 9.17) is 15.9 Å². The summed E-state index contributed by atoms with van der Waals surface area (Å²) in [7, 11) is 0. The summed E-state index contributed by atoms with van der Waals surface area (Å²) in [5.41, 5.74) is 5.67. The zero-order valence-electron chi connectivity index (χ0n) is 13.7. The maximum atomic E-state index is 11.2. The average molecular weight is 321 g/mol. The number of pyridine rings is 1. The normalized spacial score (nSPS) is 10.1. The highest BCUT2D eigenvalue weighted by molar-refractivity contribution is 5.90. The summed E-state index contributed by atoms with van der Waals surface area (Å²) in [4.78, 5) is 15.6. The van der Waals surface area contributed by atoms with Gasteiger partial charge >= 0.3 is 6.09 Å². The SMILES string of the molecule is CCCCCCCCNc1cccc(COC(=O)NC(=N)N)n1. The molecule has 1 aromatic heterocycles. The van der Waals surface area contributed by atoms with Gasteiger partial charge in [0.1, 0.15) is 12.4 Å². The number of guanidine groups is 1. The molecular formula is C16H27N5O2. The van der Waals surface area contributed by atoms with Crippen molar-refractivity contribution in [2.24, 2.45) is 5.73 Å². The molecule has 0 fully saturated rings. The van der Waals surface area contributed by atoms with Gasteiger partial charge in [-0.2, -0.15) is 0 Å². The second kappa shape index (κ2) is 11.3. The second-order valence-corrected chi connectivity index (χ2v) is 5.32. The first-order chi connectivity index (χ1) is 11.1. The fourth-order valence-electron chi connectivity index (χ4n) is 2.07. The molecule has 0 aliphatic heterocycles. The Labute approximate surface area is 137 Å². The van der Waals surface area contributed by atoms with Crippen molar-refractivity contribution in [2.75, 3.05) is 11.9 Å². The minimum Gasteiger partial charge on any atom is -0.443 e. The number of amides is 1. The number of aromatic nitrogens is 1. The molecule has 1 rings (SSSR count). The van der Waals surface area contributed by atoms with E-state index in [1.807, 2.05) is 17.4 Å². The molecule has 0 aromatic carbocycles. The number of alkyl carbamates (subject to hydrolysis) is 1. The first-order valence-electron chi connectivity index (χ1n) is 8.09. The van der Waals surface area contributed by atoms with Crippen LogP contribution in [0.3, 0.4) is 0 Å². The molecule has 0 spiro atoms. The summed E-state index contributed by atoms with van der Waals surface area (Å²) in [5, 5.41) is 12.3. The third-order valence-electron chi connectivity index (χ3n) is 3.23. The zero-order valence-corrected chi connectivity index (χ0v) is 13.7. The Morgan fingerprint density at radius 3 is 2.74 bits per heavy atom. The van der Waals surface area contributed by atoms with Gasteiger partial charge in [-0.3, -0.25) is 10.7 Å². The summed E-state index contributed by atoms with van der Waals surface area (Å²) < 4.78 is 4.91. The van der Waals surface area contributed by atoms with Crippen LogP contribution >= 0.6 is 0 Å². The van der Waals surface area contributed by atoms with Crippen molar-refractivity contribution in [1.82, 2.24) is 10.3 Å². The van der Waals surface area contributed by atoms with Crippen LogP contribution in [-0.2, 0) is 11.3 Å². The third-order valence-corrected chi connectivity index (χ3v) is 3.23. The number of carbonyl (C=O) groups is 1. The summed E-state index contributed by atoms with van der Waals surface area (Å²) >= 11 is 0. The molecule has 0 aliphatic rings. The van der Waals surface area contributed by atoms with E-state index in [1.165, 1.54) is 32.1 Å².